The molecule has 4 N–H and O–H groups in total. The second kappa shape index (κ2) is 4.05. The molecule has 4 nitrogen and oxygen atoms in total. The van der Waals surface area contributed by atoms with Gasteiger partial charge in [-0.3, -0.25) is 0 Å². The van der Waals surface area contributed by atoms with Gasteiger partial charge in [0.2, 0.25) is 0 Å². The van der Waals surface area contributed by atoms with Crippen LogP contribution in [0.4, 0.5) is 8.78 Å². The first kappa shape index (κ1) is 11.1. The minimum absolute atomic E-state index is 0.399. The minimum Gasteiger partial charge on any atom is -0.423 e. The summed E-state index contributed by atoms with van der Waals surface area (Å²) in [5.41, 5.74) is -1.32. The lowest BCUT2D eigenvalue weighted by Crippen LogP contribution is -2.40. The standard InChI is InChI=1S/C6H6B2F2O4/c9-4-1-3(7(11)12)2-5(10)6(4)8(13)14/h1-2,11-14H. The molecule has 0 saturated heterocycles. The zero-order chi connectivity index (χ0) is 10.9. The summed E-state index contributed by atoms with van der Waals surface area (Å²) in [4.78, 5) is 0. The maximum atomic E-state index is 12.9. The van der Waals surface area contributed by atoms with E-state index in [2.05, 4.69) is 0 Å². The van der Waals surface area contributed by atoms with Crippen LogP contribution in [0.5, 0.6) is 0 Å². The predicted molar refractivity (Wildman–Crippen MR) is 46.0 cm³/mol. The molecule has 0 fully saturated rings. The second-order valence-corrected chi connectivity index (χ2v) is 2.65. The van der Waals surface area contributed by atoms with Crippen molar-refractivity contribution >= 4 is 25.2 Å². The van der Waals surface area contributed by atoms with E-state index in [0.29, 0.717) is 12.1 Å². The summed E-state index contributed by atoms with van der Waals surface area (Å²) >= 11 is 0. The van der Waals surface area contributed by atoms with Crippen LogP contribution in [0.15, 0.2) is 12.1 Å². The summed E-state index contributed by atoms with van der Waals surface area (Å²) in [6.45, 7) is 0. The SMILES string of the molecule is OB(O)c1cc(F)c(B(O)O)c(F)c1. The Balaban J connectivity index is 3.25. The van der Waals surface area contributed by atoms with Gasteiger partial charge in [-0.15, -0.1) is 0 Å². The number of hydrogen-bond acceptors (Lipinski definition) is 4. The van der Waals surface area contributed by atoms with Crippen LogP contribution in [0.1, 0.15) is 0 Å². The zero-order valence-corrected chi connectivity index (χ0v) is 6.85. The summed E-state index contributed by atoms with van der Waals surface area (Å²) in [5, 5.41) is 34.3. The molecule has 0 saturated carbocycles. The van der Waals surface area contributed by atoms with Crippen LogP contribution < -0.4 is 10.9 Å². The molecule has 1 aromatic carbocycles. The topological polar surface area (TPSA) is 80.9 Å². The van der Waals surface area contributed by atoms with Crippen molar-refractivity contribution in [2.45, 2.75) is 0 Å². The fourth-order valence-corrected chi connectivity index (χ4v) is 1.000. The van der Waals surface area contributed by atoms with Crippen LogP contribution in [-0.4, -0.2) is 34.3 Å². The van der Waals surface area contributed by atoms with Crippen molar-refractivity contribution < 1.29 is 28.9 Å². The van der Waals surface area contributed by atoms with Crippen LogP contribution in [0.2, 0.25) is 0 Å². The monoisotopic (exact) mass is 202 g/mol. The van der Waals surface area contributed by atoms with Crippen molar-refractivity contribution in [1.29, 1.82) is 0 Å². The molecule has 0 aliphatic carbocycles. The van der Waals surface area contributed by atoms with Gasteiger partial charge in [-0.05, 0) is 17.6 Å². The van der Waals surface area contributed by atoms with Crippen LogP contribution in [0.25, 0.3) is 0 Å². The van der Waals surface area contributed by atoms with Gasteiger partial charge in [-0.1, -0.05) is 0 Å². The Labute approximate surface area is 78.7 Å². The average molecular weight is 202 g/mol. The Morgan fingerprint density at radius 1 is 0.857 bits per heavy atom. The van der Waals surface area contributed by atoms with Gasteiger partial charge < -0.3 is 20.1 Å². The second-order valence-electron chi connectivity index (χ2n) is 2.65. The molecular formula is C6H6B2F2O4. The third kappa shape index (κ3) is 2.10. The summed E-state index contributed by atoms with van der Waals surface area (Å²) in [5.74, 6) is -2.49. The molecule has 0 aromatic heterocycles. The van der Waals surface area contributed by atoms with Crippen molar-refractivity contribution in [1.82, 2.24) is 0 Å². The highest BCUT2D eigenvalue weighted by molar-refractivity contribution is 6.60. The van der Waals surface area contributed by atoms with Gasteiger partial charge in [-0.25, -0.2) is 8.78 Å². The molecule has 0 radical (unpaired) electrons. The molecule has 1 aromatic rings. The molecule has 1 rings (SSSR count). The average Bonchev–Trinajstić information content (AvgIpc) is 2.01. The highest BCUT2D eigenvalue weighted by Gasteiger charge is 2.24. The molecule has 8 heteroatoms. The summed E-state index contributed by atoms with van der Waals surface area (Å²) in [7, 11) is -4.29. The van der Waals surface area contributed by atoms with E-state index < -0.39 is 36.8 Å². The Morgan fingerprint density at radius 2 is 1.29 bits per heavy atom. The van der Waals surface area contributed by atoms with Crippen molar-refractivity contribution in [3.63, 3.8) is 0 Å². The number of hydrogen-bond donors (Lipinski definition) is 4. The molecule has 0 bridgehead atoms. The lowest BCUT2D eigenvalue weighted by molar-refractivity contribution is 0.417. The summed E-state index contributed by atoms with van der Waals surface area (Å²) in [6.07, 6.45) is 0. The van der Waals surface area contributed by atoms with Crippen LogP contribution in [0.3, 0.4) is 0 Å². The minimum atomic E-state index is -2.28. The number of benzene rings is 1. The van der Waals surface area contributed by atoms with E-state index in [0.717, 1.165) is 0 Å². The Kier molecular flexibility index (Phi) is 3.22. The van der Waals surface area contributed by atoms with Gasteiger partial charge in [0.25, 0.3) is 0 Å². The largest absolute Gasteiger partial charge is 0.494 e. The van der Waals surface area contributed by atoms with Gasteiger partial charge in [0, 0.05) is 0 Å². The molecule has 0 aliphatic heterocycles. The number of halogens is 2. The van der Waals surface area contributed by atoms with E-state index in [-0.39, 0.29) is 0 Å². The first-order valence-electron chi connectivity index (χ1n) is 3.64. The van der Waals surface area contributed by atoms with E-state index >= 15 is 0 Å². The summed E-state index contributed by atoms with van der Waals surface area (Å²) in [6, 6.07) is 1.23. The van der Waals surface area contributed by atoms with E-state index in [1.807, 2.05) is 0 Å². The maximum absolute atomic E-state index is 12.9. The third-order valence-corrected chi connectivity index (χ3v) is 1.66. The van der Waals surface area contributed by atoms with E-state index in [1.165, 1.54) is 0 Å². The van der Waals surface area contributed by atoms with Crippen LogP contribution >= 0.6 is 0 Å². The molecule has 0 atom stereocenters. The van der Waals surface area contributed by atoms with E-state index in [1.54, 1.807) is 0 Å². The molecule has 0 aliphatic rings. The van der Waals surface area contributed by atoms with Gasteiger partial charge in [0.1, 0.15) is 11.6 Å². The first-order chi connectivity index (χ1) is 6.43. The predicted octanol–water partition coefficient (Wildman–Crippen LogP) is -2.68. The highest BCUT2D eigenvalue weighted by Crippen LogP contribution is 1.98. The third-order valence-electron chi connectivity index (χ3n) is 1.66. The van der Waals surface area contributed by atoms with E-state index in [4.69, 9.17) is 20.1 Å². The van der Waals surface area contributed by atoms with E-state index in [9.17, 15) is 8.78 Å². The molecule has 0 spiro atoms. The smallest absolute Gasteiger partial charge is 0.423 e. The summed E-state index contributed by atoms with van der Waals surface area (Å²) < 4.78 is 25.9. The van der Waals surface area contributed by atoms with Crippen molar-refractivity contribution in [2.24, 2.45) is 0 Å². The fraction of sp³-hybridized carbons (Fsp3) is 0. The Hall–Kier alpha value is -0.950. The Morgan fingerprint density at radius 3 is 1.57 bits per heavy atom. The molecule has 0 amide bonds. The highest BCUT2D eigenvalue weighted by atomic mass is 19.1. The van der Waals surface area contributed by atoms with Gasteiger partial charge in [-0.2, -0.15) is 0 Å². The van der Waals surface area contributed by atoms with Crippen LogP contribution in [0, 0.1) is 11.6 Å². The molecule has 14 heavy (non-hydrogen) atoms. The Bertz CT molecular complexity index is 322. The van der Waals surface area contributed by atoms with Crippen molar-refractivity contribution in [3.05, 3.63) is 23.8 Å². The number of rotatable bonds is 2. The van der Waals surface area contributed by atoms with Crippen LogP contribution in [-0.2, 0) is 0 Å². The molecular weight excluding hydrogens is 196 g/mol. The lowest BCUT2D eigenvalue weighted by Gasteiger charge is -2.06. The molecule has 74 valence electrons. The molecule has 0 unspecified atom stereocenters. The normalized spacial score (nSPS) is 10.1. The molecule has 0 heterocycles. The van der Waals surface area contributed by atoms with Gasteiger partial charge >= 0.3 is 14.2 Å². The van der Waals surface area contributed by atoms with Gasteiger partial charge in [0.05, 0.1) is 5.46 Å². The first-order valence-corrected chi connectivity index (χ1v) is 3.64. The fourth-order valence-electron chi connectivity index (χ4n) is 1.000. The van der Waals surface area contributed by atoms with Gasteiger partial charge in [0.15, 0.2) is 0 Å². The van der Waals surface area contributed by atoms with Crippen molar-refractivity contribution in [2.75, 3.05) is 0 Å². The maximum Gasteiger partial charge on any atom is 0.494 e. The zero-order valence-electron chi connectivity index (χ0n) is 6.85. The lowest BCUT2D eigenvalue weighted by atomic mass is 9.74. The van der Waals surface area contributed by atoms with Crippen molar-refractivity contribution in [3.8, 4) is 0 Å². The quantitative estimate of drug-likeness (QED) is 0.394.